The molecule has 1 saturated heterocycles. The predicted octanol–water partition coefficient (Wildman–Crippen LogP) is 2.13. The molecule has 1 amide bonds. The summed E-state index contributed by atoms with van der Waals surface area (Å²) in [6.45, 7) is 5.88. The minimum Gasteiger partial charge on any atom is -0.449 e. The molecule has 0 bridgehead atoms. The molecule has 3 rings (SSSR count). The van der Waals surface area contributed by atoms with Crippen LogP contribution in [0, 0.1) is 5.92 Å². The van der Waals surface area contributed by atoms with Gasteiger partial charge in [0.1, 0.15) is 12.7 Å². The third-order valence-corrected chi connectivity index (χ3v) is 4.73. The number of nitrogens with zero attached hydrogens (tertiary/aromatic N) is 4. The van der Waals surface area contributed by atoms with Gasteiger partial charge in [0.25, 0.3) is 5.91 Å². The molecular formula is C19H24N4O3. The minimum atomic E-state index is -0.772. The summed E-state index contributed by atoms with van der Waals surface area (Å²) in [5, 5.41) is 4.05. The van der Waals surface area contributed by atoms with Gasteiger partial charge < -0.3 is 9.64 Å². The number of carbonyl (C=O) groups excluding carboxylic acids is 2. The SMILES string of the molecule is CC1CCN(C(=O)C(C)OC(=O)c2ccc(Cn3cncn3)cc2)CC1. The van der Waals surface area contributed by atoms with Crippen LogP contribution in [-0.2, 0) is 16.1 Å². The lowest BCUT2D eigenvalue weighted by Crippen LogP contribution is -2.44. The zero-order valence-corrected chi connectivity index (χ0v) is 15.2. The van der Waals surface area contributed by atoms with E-state index in [0.717, 1.165) is 31.5 Å². The molecule has 26 heavy (non-hydrogen) atoms. The second-order valence-electron chi connectivity index (χ2n) is 6.85. The Morgan fingerprint density at radius 3 is 2.54 bits per heavy atom. The number of carbonyl (C=O) groups is 2. The Morgan fingerprint density at radius 2 is 1.92 bits per heavy atom. The molecule has 2 aromatic rings. The standard InChI is InChI=1S/C19H24N4O3/c1-14-7-9-22(10-8-14)18(24)15(2)26-19(25)17-5-3-16(4-6-17)11-23-13-20-12-21-23/h3-6,12-15H,7-11H2,1-2H3. The summed E-state index contributed by atoms with van der Waals surface area (Å²) in [7, 11) is 0. The fourth-order valence-electron chi connectivity index (χ4n) is 3.01. The number of hydrogen-bond donors (Lipinski definition) is 0. The Kier molecular flexibility index (Phi) is 5.65. The monoisotopic (exact) mass is 356 g/mol. The van der Waals surface area contributed by atoms with Crippen LogP contribution in [0.1, 0.15) is 42.6 Å². The molecule has 0 aliphatic carbocycles. The molecule has 7 heteroatoms. The zero-order chi connectivity index (χ0) is 18.5. The topological polar surface area (TPSA) is 77.3 Å². The number of hydrogen-bond acceptors (Lipinski definition) is 5. The third kappa shape index (κ3) is 4.47. The maximum Gasteiger partial charge on any atom is 0.338 e. The molecule has 1 atom stereocenters. The van der Waals surface area contributed by atoms with Crippen molar-refractivity contribution in [1.82, 2.24) is 19.7 Å². The van der Waals surface area contributed by atoms with E-state index in [1.807, 2.05) is 12.1 Å². The van der Waals surface area contributed by atoms with Gasteiger partial charge in [-0.05, 0) is 43.4 Å². The van der Waals surface area contributed by atoms with Crippen LogP contribution in [0.15, 0.2) is 36.9 Å². The zero-order valence-electron chi connectivity index (χ0n) is 15.2. The Hall–Kier alpha value is -2.70. The first-order valence-electron chi connectivity index (χ1n) is 8.94. The molecule has 1 aromatic heterocycles. The molecule has 0 saturated carbocycles. The van der Waals surface area contributed by atoms with Crippen LogP contribution in [0.4, 0.5) is 0 Å². The number of esters is 1. The minimum absolute atomic E-state index is 0.118. The quantitative estimate of drug-likeness (QED) is 0.767. The van der Waals surface area contributed by atoms with Gasteiger partial charge in [-0.25, -0.2) is 14.5 Å². The summed E-state index contributed by atoms with van der Waals surface area (Å²) in [5.41, 5.74) is 1.43. The van der Waals surface area contributed by atoms with Crippen LogP contribution in [0.25, 0.3) is 0 Å². The van der Waals surface area contributed by atoms with Crippen molar-refractivity contribution in [3.05, 3.63) is 48.0 Å². The number of amides is 1. The molecule has 0 N–H and O–H groups in total. The first-order chi connectivity index (χ1) is 12.5. The van der Waals surface area contributed by atoms with Crippen molar-refractivity contribution >= 4 is 11.9 Å². The molecular weight excluding hydrogens is 332 g/mol. The van der Waals surface area contributed by atoms with Crippen molar-refractivity contribution < 1.29 is 14.3 Å². The highest BCUT2D eigenvalue weighted by Crippen LogP contribution is 2.17. The van der Waals surface area contributed by atoms with Crippen molar-refractivity contribution in [2.75, 3.05) is 13.1 Å². The molecule has 1 aliphatic heterocycles. The second kappa shape index (κ2) is 8.12. The van der Waals surface area contributed by atoms with Crippen molar-refractivity contribution in [2.24, 2.45) is 5.92 Å². The molecule has 0 spiro atoms. The Balaban J connectivity index is 1.54. The van der Waals surface area contributed by atoms with E-state index in [1.165, 1.54) is 6.33 Å². The molecule has 1 fully saturated rings. The van der Waals surface area contributed by atoms with Gasteiger partial charge in [-0.15, -0.1) is 0 Å². The average Bonchev–Trinajstić information content (AvgIpc) is 3.15. The fraction of sp³-hybridized carbons (Fsp3) is 0.474. The number of rotatable bonds is 5. The summed E-state index contributed by atoms with van der Waals surface area (Å²) in [5.74, 6) is 0.0459. The highest BCUT2D eigenvalue weighted by Gasteiger charge is 2.27. The summed E-state index contributed by atoms with van der Waals surface area (Å²) < 4.78 is 7.07. The first-order valence-corrected chi connectivity index (χ1v) is 8.94. The molecule has 2 heterocycles. The smallest absolute Gasteiger partial charge is 0.338 e. The van der Waals surface area contributed by atoms with E-state index in [2.05, 4.69) is 17.0 Å². The largest absolute Gasteiger partial charge is 0.449 e. The van der Waals surface area contributed by atoms with Crippen LogP contribution >= 0.6 is 0 Å². The van der Waals surface area contributed by atoms with Crippen molar-refractivity contribution in [3.8, 4) is 0 Å². The summed E-state index contributed by atoms with van der Waals surface area (Å²) in [6, 6.07) is 7.09. The van der Waals surface area contributed by atoms with Crippen LogP contribution in [-0.4, -0.2) is 50.7 Å². The molecule has 1 aliphatic rings. The van der Waals surface area contributed by atoms with E-state index in [4.69, 9.17) is 4.74 Å². The molecule has 1 aromatic carbocycles. The number of ether oxygens (including phenoxy) is 1. The lowest BCUT2D eigenvalue weighted by atomic mass is 9.99. The molecule has 138 valence electrons. The Labute approximate surface area is 153 Å². The summed E-state index contributed by atoms with van der Waals surface area (Å²) in [6.07, 6.45) is 4.34. The van der Waals surface area contributed by atoms with E-state index >= 15 is 0 Å². The van der Waals surface area contributed by atoms with Crippen molar-refractivity contribution in [3.63, 3.8) is 0 Å². The summed E-state index contributed by atoms with van der Waals surface area (Å²) >= 11 is 0. The van der Waals surface area contributed by atoms with E-state index in [0.29, 0.717) is 18.0 Å². The first kappa shape index (κ1) is 18.1. The summed E-state index contributed by atoms with van der Waals surface area (Å²) in [4.78, 5) is 30.4. The maximum absolute atomic E-state index is 12.4. The molecule has 1 unspecified atom stereocenters. The van der Waals surface area contributed by atoms with Gasteiger partial charge >= 0.3 is 5.97 Å². The van der Waals surface area contributed by atoms with Gasteiger partial charge in [-0.2, -0.15) is 5.10 Å². The number of benzene rings is 1. The van der Waals surface area contributed by atoms with Crippen molar-refractivity contribution in [2.45, 2.75) is 39.3 Å². The van der Waals surface area contributed by atoms with Crippen LogP contribution in [0.3, 0.4) is 0 Å². The van der Waals surface area contributed by atoms with Gasteiger partial charge in [0.2, 0.25) is 0 Å². The Bertz CT molecular complexity index is 735. The van der Waals surface area contributed by atoms with E-state index in [1.54, 1.807) is 35.0 Å². The van der Waals surface area contributed by atoms with Gasteiger partial charge in [0.05, 0.1) is 12.1 Å². The normalized spacial score (nSPS) is 16.3. The van der Waals surface area contributed by atoms with Crippen LogP contribution in [0.5, 0.6) is 0 Å². The van der Waals surface area contributed by atoms with E-state index in [9.17, 15) is 9.59 Å². The Morgan fingerprint density at radius 1 is 1.23 bits per heavy atom. The predicted molar refractivity (Wildman–Crippen MR) is 95.4 cm³/mol. The average molecular weight is 356 g/mol. The van der Waals surface area contributed by atoms with E-state index < -0.39 is 12.1 Å². The van der Waals surface area contributed by atoms with Gasteiger partial charge in [0, 0.05) is 13.1 Å². The van der Waals surface area contributed by atoms with Gasteiger partial charge in [-0.1, -0.05) is 19.1 Å². The van der Waals surface area contributed by atoms with Gasteiger partial charge in [-0.3, -0.25) is 4.79 Å². The third-order valence-electron chi connectivity index (χ3n) is 4.73. The highest BCUT2D eigenvalue weighted by atomic mass is 16.5. The number of piperidine rings is 1. The van der Waals surface area contributed by atoms with Crippen LogP contribution < -0.4 is 0 Å². The van der Waals surface area contributed by atoms with Crippen LogP contribution in [0.2, 0.25) is 0 Å². The van der Waals surface area contributed by atoms with E-state index in [-0.39, 0.29) is 5.91 Å². The highest BCUT2D eigenvalue weighted by molar-refractivity contribution is 5.92. The fourth-order valence-corrected chi connectivity index (χ4v) is 3.01. The van der Waals surface area contributed by atoms with Gasteiger partial charge in [0.15, 0.2) is 6.10 Å². The number of aromatic nitrogens is 3. The number of likely N-dealkylation sites (tertiary alicyclic amines) is 1. The van der Waals surface area contributed by atoms with Crippen molar-refractivity contribution in [1.29, 1.82) is 0 Å². The lowest BCUT2D eigenvalue weighted by molar-refractivity contribution is -0.141. The maximum atomic E-state index is 12.4. The molecule has 7 nitrogen and oxygen atoms in total. The lowest BCUT2D eigenvalue weighted by Gasteiger charge is -2.31. The second-order valence-corrected chi connectivity index (χ2v) is 6.85. The molecule has 0 radical (unpaired) electrons.